The minimum Gasteiger partial charge on any atom is -0.350 e. The molecule has 0 bridgehead atoms. The van der Waals surface area contributed by atoms with E-state index in [0.717, 1.165) is 16.8 Å². The molecule has 1 aromatic rings. The highest BCUT2D eigenvalue weighted by Crippen LogP contribution is 2.19. The topological polar surface area (TPSA) is 67.5 Å². The van der Waals surface area contributed by atoms with Crippen LogP contribution in [0, 0.1) is 6.92 Å². The van der Waals surface area contributed by atoms with Crippen LogP contribution in [0.25, 0.3) is 0 Å². The number of rotatable bonds is 3. The Bertz CT molecular complexity index is 429. The minimum absolute atomic E-state index is 0.655. The molecule has 0 heterocycles. The van der Waals surface area contributed by atoms with E-state index in [1.807, 2.05) is 32.2 Å². The summed E-state index contributed by atoms with van der Waals surface area (Å²) in [5.41, 5.74) is 10.0. The number of primary amides is 1. The third-order valence-electron chi connectivity index (χ3n) is 2.16. The summed E-state index contributed by atoms with van der Waals surface area (Å²) in [5.74, 6) is 0. The van der Waals surface area contributed by atoms with E-state index < -0.39 is 6.03 Å². The summed E-state index contributed by atoms with van der Waals surface area (Å²) in [6, 6.07) is 5.44. The molecule has 0 aliphatic rings. The van der Waals surface area contributed by atoms with Crippen molar-refractivity contribution in [1.82, 2.24) is 5.43 Å². The summed E-state index contributed by atoms with van der Waals surface area (Å²) in [6.45, 7) is 3.84. The van der Waals surface area contributed by atoms with E-state index in [-0.39, 0.29) is 0 Å². The number of carbonyl (C=O) groups is 1. The first-order valence-electron chi connectivity index (χ1n) is 4.79. The summed E-state index contributed by atoms with van der Waals surface area (Å²) in [5, 5.41) is 3.90. The molecule has 1 rings (SSSR count). The molecule has 0 aliphatic carbocycles. The van der Waals surface area contributed by atoms with Crippen LogP contribution in [-0.4, -0.2) is 18.0 Å². The lowest BCUT2D eigenvalue weighted by atomic mass is 10.1. The first-order valence-corrected chi connectivity index (χ1v) is 6.02. The molecule has 0 radical (unpaired) electrons. The standard InChI is InChI=1S/C11H15N3OS/c1-7-6-9(16-3)4-5-10(7)8(2)13-14-11(12)15/h4-6H,1-3H3,(H3,12,14,15)/b13-8-. The van der Waals surface area contributed by atoms with Crippen LogP contribution in [0.5, 0.6) is 0 Å². The lowest BCUT2D eigenvalue weighted by Gasteiger charge is -2.07. The molecule has 0 saturated carbocycles. The molecule has 16 heavy (non-hydrogen) atoms. The number of hydrogen-bond acceptors (Lipinski definition) is 3. The summed E-state index contributed by atoms with van der Waals surface area (Å²) in [7, 11) is 0. The van der Waals surface area contributed by atoms with Crippen LogP contribution in [0.1, 0.15) is 18.1 Å². The second kappa shape index (κ2) is 5.55. The van der Waals surface area contributed by atoms with Gasteiger partial charge in [0, 0.05) is 10.5 Å². The second-order valence-corrected chi connectivity index (χ2v) is 4.23. The van der Waals surface area contributed by atoms with Crippen LogP contribution in [0.15, 0.2) is 28.2 Å². The summed E-state index contributed by atoms with van der Waals surface area (Å²) < 4.78 is 0. The number of hydrazone groups is 1. The van der Waals surface area contributed by atoms with E-state index in [2.05, 4.69) is 16.6 Å². The Balaban J connectivity index is 2.95. The number of benzene rings is 1. The summed E-state index contributed by atoms with van der Waals surface area (Å²) in [6.07, 6.45) is 2.03. The van der Waals surface area contributed by atoms with Crippen LogP contribution in [0.4, 0.5) is 4.79 Å². The fourth-order valence-corrected chi connectivity index (χ4v) is 1.87. The fourth-order valence-electron chi connectivity index (χ4n) is 1.37. The highest BCUT2D eigenvalue weighted by atomic mass is 32.2. The van der Waals surface area contributed by atoms with Gasteiger partial charge in [-0.05, 0) is 37.8 Å². The molecule has 5 heteroatoms. The summed E-state index contributed by atoms with van der Waals surface area (Å²) >= 11 is 1.69. The Morgan fingerprint density at radius 2 is 2.19 bits per heavy atom. The van der Waals surface area contributed by atoms with E-state index in [9.17, 15) is 4.79 Å². The van der Waals surface area contributed by atoms with Gasteiger partial charge in [0.15, 0.2) is 0 Å². The number of aryl methyl sites for hydroxylation is 1. The molecular formula is C11H15N3OS. The van der Waals surface area contributed by atoms with Gasteiger partial charge in [0.1, 0.15) is 0 Å². The summed E-state index contributed by atoms with van der Waals surface area (Å²) in [4.78, 5) is 11.7. The molecule has 4 nitrogen and oxygen atoms in total. The third kappa shape index (κ3) is 3.27. The van der Waals surface area contributed by atoms with Gasteiger partial charge < -0.3 is 5.73 Å². The smallest absolute Gasteiger partial charge is 0.332 e. The minimum atomic E-state index is -0.655. The maximum absolute atomic E-state index is 10.5. The molecule has 0 fully saturated rings. The lowest BCUT2D eigenvalue weighted by Crippen LogP contribution is -2.25. The Labute approximate surface area is 99.3 Å². The predicted octanol–water partition coefficient (Wildman–Crippen LogP) is 2.11. The number of carbonyl (C=O) groups excluding carboxylic acids is 1. The van der Waals surface area contributed by atoms with Crippen molar-refractivity contribution in [3.05, 3.63) is 29.3 Å². The fraction of sp³-hybridized carbons (Fsp3) is 0.273. The average Bonchev–Trinajstić information content (AvgIpc) is 2.25. The third-order valence-corrected chi connectivity index (χ3v) is 2.88. The maximum Gasteiger partial charge on any atom is 0.332 e. The molecule has 0 aromatic heterocycles. The van der Waals surface area contributed by atoms with E-state index in [1.165, 1.54) is 4.90 Å². The van der Waals surface area contributed by atoms with Crippen LogP contribution in [-0.2, 0) is 0 Å². The van der Waals surface area contributed by atoms with Crippen molar-refractivity contribution >= 4 is 23.5 Å². The number of amides is 2. The number of thioether (sulfide) groups is 1. The molecular weight excluding hydrogens is 222 g/mol. The zero-order valence-electron chi connectivity index (χ0n) is 9.57. The van der Waals surface area contributed by atoms with Crippen LogP contribution in [0.3, 0.4) is 0 Å². The van der Waals surface area contributed by atoms with Gasteiger partial charge in [-0.25, -0.2) is 10.2 Å². The van der Waals surface area contributed by atoms with Crippen molar-refractivity contribution in [2.45, 2.75) is 18.7 Å². The highest BCUT2D eigenvalue weighted by Gasteiger charge is 2.03. The molecule has 0 spiro atoms. The van der Waals surface area contributed by atoms with Gasteiger partial charge in [0.05, 0.1) is 5.71 Å². The molecule has 1 aromatic carbocycles. The van der Waals surface area contributed by atoms with Crippen molar-refractivity contribution in [3.8, 4) is 0 Å². The zero-order chi connectivity index (χ0) is 12.1. The molecule has 86 valence electrons. The zero-order valence-corrected chi connectivity index (χ0v) is 10.4. The Morgan fingerprint density at radius 3 is 2.69 bits per heavy atom. The SMILES string of the molecule is CSc1ccc(/C(C)=N\NC(N)=O)c(C)c1. The van der Waals surface area contributed by atoms with Crippen LogP contribution >= 0.6 is 11.8 Å². The largest absolute Gasteiger partial charge is 0.350 e. The molecule has 3 N–H and O–H groups in total. The first kappa shape index (κ1) is 12.6. The van der Waals surface area contributed by atoms with Gasteiger partial charge in [-0.15, -0.1) is 11.8 Å². The van der Waals surface area contributed by atoms with Gasteiger partial charge in [-0.3, -0.25) is 0 Å². The Morgan fingerprint density at radius 1 is 1.50 bits per heavy atom. The van der Waals surface area contributed by atoms with Gasteiger partial charge in [-0.2, -0.15) is 5.10 Å². The van der Waals surface area contributed by atoms with E-state index in [0.29, 0.717) is 0 Å². The van der Waals surface area contributed by atoms with Crippen molar-refractivity contribution in [2.75, 3.05) is 6.26 Å². The number of nitrogens with zero attached hydrogens (tertiary/aromatic N) is 1. The van der Waals surface area contributed by atoms with Gasteiger partial charge in [0.2, 0.25) is 0 Å². The predicted molar refractivity (Wildman–Crippen MR) is 67.9 cm³/mol. The maximum atomic E-state index is 10.5. The molecule has 0 aliphatic heterocycles. The van der Waals surface area contributed by atoms with Crippen LogP contribution < -0.4 is 11.2 Å². The number of nitrogens with one attached hydrogen (secondary N) is 1. The second-order valence-electron chi connectivity index (χ2n) is 3.35. The monoisotopic (exact) mass is 237 g/mol. The van der Waals surface area contributed by atoms with Crippen molar-refractivity contribution < 1.29 is 4.79 Å². The highest BCUT2D eigenvalue weighted by molar-refractivity contribution is 7.98. The quantitative estimate of drug-likeness (QED) is 0.480. The van der Waals surface area contributed by atoms with E-state index in [4.69, 9.17) is 5.73 Å². The molecule has 2 amide bonds. The normalized spacial score (nSPS) is 11.3. The lowest BCUT2D eigenvalue weighted by molar-refractivity contribution is 0.249. The first-order chi connectivity index (χ1) is 7.54. The van der Waals surface area contributed by atoms with Crippen molar-refractivity contribution in [2.24, 2.45) is 10.8 Å². The number of hydrogen-bond donors (Lipinski definition) is 2. The molecule has 0 atom stereocenters. The number of nitrogens with two attached hydrogens (primary N) is 1. The van der Waals surface area contributed by atoms with Gasteiger partial charge in [-0.1, -0.05) is 6.07 Å². The van der Waals surface area contributed by atoms with Crippen LogP contribution in [0.2, 0.25) is 0 Å². The van der Waals surface area contributed by atoms with E-state index in [1.54, 1.807) is 11.8 Å². The Kier molecular flexibility index (Phi) is 4.37. The average molecular weight is 237 g/mol. The van der Waals surface area contributed by atoms with Gasteiger partial charge in [0.25, 0.3) is 0 Å². The molecule has 0 saturated heterocycles. The van der Waals surface area contributed by atoms with Crippen molar-refractivity contribution in [3.63, 3.8) is 0 Å². The molecule has 0 unspecified atom stereocenters. The Hall–Kier alpha value is -1.49. The van der Waals surface area contributed by atoms with Crippen molar-refractivity contribution in [1.29, 1.82) is 0 Å². The number of urea groups is 1. The van der Waals surface area contributed by atoms with E-state index >= 15 is 0 Å². The van der Waals surface area contributed by atoms with Gasteiger partial charge >= 0.3 is 6.03 Å².